The molecule has 13 heavy (non-hydrogen) atoms. The van der Waals surface area contributed by atoms with Crippen LogP contribution in [0.3, 0.4) is 0 Å². The number of hydrogen-bond donors (Lipinski definition) is 1. The van der Waals surface area contributed by atoms with E-state index in [4.69, 9.17) is 5.73 Å². The van der Waals surface area contributed by atoms with E-state index in [2.05, 4.69) is 5.10 Å². The number of hydrogen-bond acceptors (Lipinski definition) is 2. The SMILES string of the molecule is NCc1cnn(C2CC(F)(F)C2)c1. The van der Waals surface area contributed by atoms with Gasteiger partial charge in [0.25, 0.3) is 5.92 Å². The number of nitrogens with two attached hydrogens (primary N) is 1. The molecule has 0 aromatic carbocycles. The maximum atomic E-state index is 12.5. The Hall–Kier alpha value is -0.970. The Morgan fingerprint density at radius 1 is 1.62 bits per heavy atom. The van der Waals surface area contributed by atoms with E-state index < -0.39 is 5.92 Å². The summed E-state index contributed by atoms with van der Waals surface area (Å²) in [4.78, 5) is 0. The van der Waals surface area contributed by atoms with Crippen molar-refractivity contribution in [1.29, 1.82) is 0 Å². The highest BCUT2D eigenvalue weighted by Gasteiger charge is 2.46. The highest BCUT2D eigenvalue weighted by atomic mass is 19.3. The molecule has 3 nitrogen and oxygen atoms in total. The van der Waals surface area contributed by atoms with Crippen LogP contribution in [0.5, 0.6) is 0 Å². The first-order valence-electron chi connectivity index (χ1n) is 4.22. The van der Waals surface area contributed by atoms with Crippen LogP contribution in [0.1, 0.15) is 24.4 Å². The molecule has 1 heterocycles. The summed E-state index contributed by atoms with van der Waals surface area (Å²) >= 11 is 0. The lowest BCUT2D eigenvalue weighted by atomic mass is 9.88. The molecule has 72 valence electrons. The molecular weight excluding hydrogens is 176 g/mol. The minimum absolute atomic E-state index is 0.0985. The van der Waals surface area contributed by atoms with Gasteiger partial charge in [-0.3, -0.25) is 4.68 Å². The summed E-state index contributed by atoms with van der Waals surface area (Å²) in [6.07, 6.45) is 3.16. The van der Waals surface area contributed by atoms with E-state index in [0.717, 1.165) is 5.56 Å². The predicted octanol–water partition coefficient (Wildman–Crippen LogP) is 1.31. The van der Waals surface area contributed by atoms with Gasteiger partial charge in [0.05, 0.1) is 12.2 Å². The molecule has 1 aliphatic rings. The third-order valence-electron chi connectivity index (χ3n) is 2.33. The van der Waals surface area contributed by atoms with Gasteiger partial charge >= 0.3 is 0 Å². The summed E-state index contributed by atoms with van der Waals surface area (Å²) < 4.78 is 26.6. The molecule has 0 bridgehead atoms. The lowest BCUT2D eigenvalue weighted by molar-refractivity contribution is -0.106. The average Bonchev–Trinajstić information content (AvgIpc) is 2.47. The molecule has 1 aromatic heterocycles. The standard InChI is InChI=1S/C8H11F2N3/c9-8(10)1-7(2-8)13-5-6(3-11)4-12-13/h4-5,7H,1-3,11H2. The molecule has 0 spiro atoms. The monoisotopic (exact) mass is 187 g/mol. The van der Waals surface area contributed by atoms with Crippen molar-refractivity contribution >= 4 is 0 Å². The Morgan fingerprint density at radius 3 is 2.77 bits per heavy atom. The topological polar surface area (TPSA) is 43.8 Å². The summed E-state index contributed by atoms with van der Waals surface area (Å²) in [6, 6.07) is -0.143. The van der Waals surface area contributed by atoms with Gasteiger partial charge in [-0.1, -0.05) is 0 Å². The summed E-state index contributed by atoms with van der Waals surface area (Å²) in [5, 5.41) is 3.98. The minimum atomic E-state index is -2.49. The van der Waals surface area contributed by atoms with Crippen LogP contribution >= 0.6 is 0 Å². The minimum Gasteiger partial charge on any atom is -0.326 e. The van der Waals surface area contributed by atoms with Gasteiger partial charge in [0.2, 0.25) is 0 Å². The second-order valence-corrected chi connectivity index (χ2v) is 3.45. The van der Waals surface area contributed by atoms with Crippen molar-refractivity contribution in [3.8, 4) is 0 Å². The smallest absolute Gasteiger partial charge is 0.252 e. The third-order valence-corrected chi connectivity index (χ3v) is 2.33. The Kier molecular flexibility index (Phi) is 1.83. The molecule has 2 rings (SSSR count). The largest absolute Gasteiger partial charge is 0.326 e. The fourth-order valence-corrected chi connectivity index (χ4v) is 1.50. The number of halogens is 2. The normalized spacial score (nSPS) is 21.5. The Labute approximate surface area is 74.5 Å². The van der Waals surface area contributed by atoms with Crippen LogP contribution in [0.25, 0.3) is 0 Å². The fourth-order valence-electron chi connectivity index (χ4n) is 1.50. The van der Waals surface area contributed by atoms with Crippen molar-refractivity contribution in [3.63, 3.8) is 0 Å². The van der Waals surface area contributed by atoms with Crippen LogP contribution in [0.4, 0.5) is 8.78 Å². The summed E-state index contributed by atoms with van der Waals surface area (Å²) in [5.41, 5.74) is 6.26. The first kappa shape index (κ1) is 8.62. The molecule has 0 unspecified atom stereocenters. The molecule has 1 fully saturated rings. The van der Waals surface area contributed by atoms with Gasteiger partial charge < -0.3 is 5.73 Å². The predicted molar refractivity (Wildman–Crippen MR) is 43.3 cm³/mol. The molecule has 5 heteroatoms. The zero-order valence-corrected chi connectivity index (χ0v) is 7.08. The lowest BCUT2D eigenvalue weighted by Gasteiger charge is -2.34. The van der Waals surface area contributed by atoms with Gasteiger partial charge in [0, 0.05) is 31.1 Å². The molecule has 0 amide bonds. The van der Waals surface area contributed by atoms with Crippen LogP contribution < -0.4 is 5.73 Å². The van der Waals surface area contributed by atoms with Crippen molar-refractivity contribution in [3.05, 3.63) is 18.0 Å². The van der Waals surface area contributed by atoms with E-state index in [9.17, 15) is 8.78 Å². The maximum absolute atomic E-state index is 12.5. The quantitative estimate of drug-likeness (QED) is 0.758. The molecule has 0 atom stereocenters. The zero-order chi connectivity index (χ0) is 9.47. The molecular formula is C8H11F2N3. The fraction of sp³-hybridized carbons (Fsp3) is 0.625. The molecule has 1 aromatic rings. The summed E-state index contributed by atoms with van der Waals surface area (Å²) in [7, 11) is 0. The van der Waals surface area contributed by atoms with Crippen molar-refractivity contribution in [2.75, 3.05) is 0 Å². The van der Waals surface area contributed by atoms with Crippen LogP contribution in [0, 0.1) is 0 Å². The van der Waals surface area contributed by atoms with Gasteiger partial charge in [0.1, 0.15) is 0 Å². The van der Waals surface area contributed by atoms with Crippen molar-refractivity contribution in [2.45, 2.75) is 31.4 Å². The van der Waals surface area contributed by atoms with Crippen molar-refractivity contribution in [2.24, 2.45) is 5.73 Å². The van der Waals surface area contributed by atoms with Crippen molar-refractivity contribution < 1.29 is 8.78 Å². The second-order valence-electron chi connectivity index (χ2n) is 3.45. The Morgan fingerprint density at radius 2 is 2.31 bits per heavy atom. The third kappa shape index (κ3) is 1.56. The van der Waals surface area contributed by atoms with Gasteiger partial charge in [-0.2, -0.15) is 5.10 Å². The molecule has 0 saturated heterocycles. The second kappa shape index (κ2) is 2.77. The van der Waals surface area contributed by atoms with E-state index in [1.165, 1.54) is 0 Å². The maximum Gasteiger partial charge on any atom is 0.252 e. The molecule has 0 radical (unpaired) electrons. The van der Waals surface area contributed by atoms with Crippen LogP contribution in [0.2, 0.25) is 0 Å². The van der Waals surface area contributed by atoms with Gasteiger partial charge in [0.15, 0.2) is 0 Å². The lowest BCUT2D eigenvalue weighted by Crippen LogP contribution is -2.37. The molecule has 2 N–H and O–H groups in total. The Balaban J connectivity index is 2.03. The van der Waals surface area contributed by atoms with E-state index in [1.807, 2.05) is 0 Å². The number of alkyl halides is 2. The van der Waals surface area contributed by atoms with Gasteiger partial charge in [-0.25, -0.2) is 8.78 Å². The van der Waals surface area contributed by atoms with Crippen LogP contribution in [-0.4, -0.2) is 15.7 Å². The molecule has 0 aliphatic heterocycles. The summed E-state index contributed by atoms with van der Waals surface area (Å²) in [6.45, 7) is 0.406. The van der Waals surface area contributed by atoms with Gasteiger partial charge in [-0.15, -0.1) is 0 Å². The number of nitrogens with zero attached hydrogens (tertiary/aromatic N) is 2. The average molecular weight is 187 g/mol. The van der Waals surface area contributed by atoms with Crippen LogP contribution in [0.15, 0.2) is 12.4 Å². The molecule has 1 aliphatic carbocycles. The van der Waals surface area contributed by atoms with E-state index >= 15 is 0 Å². The van der Waals surface area contributed by atoms with Gasteiger partial charge in [-0.05, 0) is 0 Å². The Bertz CT molecular complexity index is 300. The molecule has 1 saturated carbocycles. The first-order chi connectivity index (χ1) is 6.11. The zero-order valence-electron chi connectivity index (χ0n) is 7.08. The van der Waals surface area contributed by atoms with Crippen LogP contribution in [-0.2, 0) is 6.54 Å². The van der Waals surface area contributed by atoms with E-state index in [-0.39, 0.29) is 18.9 Å². The van der Waals surface area contributed by atoms with E-state index in [1.54, 1.807) is 17.1 Å². The number of aromatic nitrogens is 2. The highest BCUT2D eigenvalue weighted by Crippen LogP contribution is 2.44. The van der Waals surface area contributed by atoms with E-state index in [0.29, 0.717) is 6.54 Å². The highest BCUT2D eigenvalue weighted by molar-refractivity contribution is 5.05. The van der Waals surface area contributed by atoms with Crippen molar-refractivity contribution in [1.82, 2.24) is 9.78 Å². The number of rotatable bonds is 2. The summed E-state index contributed by atoms with van der Waals surface area (Å²) in [5.74, 6) is -2.49. The first-order valence-corrected chi connectivity index (χ1v) is 4.22.